The van der Waals surface area contributed by atoms with Crippen molar-refractivity contribution >= 4 is 5.91 Å². The Hall–Kier alpha value is -1.40. The van der Waals surface area contributed by atoms with Crippen LogP contribution in [0.15, 0.2) is 12.4 Å². The van der Waals surface area contributed by atoms with Crippen molar-refractivity contribution in [2.24, 2.45) is 7.05 Å². The molecule has 1 saturated heterocycles. The standard InChI is InChI=1S/C12H20N4O2/c1-16-8-10(7-15-16)6-14-12(17)9-18-11-2-4-13-5-3-11/h7-8,11,13H,2-6,9H2,1H3,(H,14,17). The Labute approximate surface area is 107 Å². The van der Waals surface area contributed by atoms with Gasteiger partial charge in [0.2, 0.25) is 5.91 Å². The Balaban J connectivity index is 1.62. The first kappa shape index (κ1) is 13.0. The number of carbonyl (C=O) groups excluding carboxylic acids is 1. The average Bonchev–Trinajstić information content (AvgIpc) is 2.81. The SMILES string of the molecule is Cn1cc(CNC(=O)COC2CCNCC2)cn1. The molecule has 0 radical (unpaired) electrons. The van der Waals surface area contributed by atoms with Crippen LogP contribution in [0, 0.1) is 0 Å². The molecule has 6 heteroatoms. The van der Waals surface area contributed by atoms with Gasteiger partial charge in [-0.25, -0.2) is 0 Å². The van der Waals surface area contributed by atoms with Crippen molar-refractivity contribution in [1.82, 2.24) is 20.4 Å². The summed E-state index contributed by atoms with van der Waals surface area (Å²) in [6, 6.07) is 0. The summed E-state index contributed by atoms with van der Waals surface area (Å²) in [5.41, 5.74) is 0.993. The molecular formula is C12H20N4O2. The lowest BCUT2D eigenvalue weighted by molar-refractivity contribution is -0.128. The zero-order chi connectivity index (χ0) is 12.8. The molecule has 2 heterocycles. The van der Waals surface area contributed by atoms with Crippen molar-refractivity contribution in [1.29, 1.82) is 0 Å². The number of piperidine rings is 1. The van der Waals surface area contributed by atoms with E-state index in [2.05, 4.69) is 15.7 Å². The quantitative estimate of drug-likeness (QED) is 0.762. The number of aryl methyl sites for hydroxylation is 1. The van der Waals surface area contributed by atoms with E-state index in [1.165, 1.54) is 0 Å². The van der Waals surface area contributed by atoms with Gasteiger partial charge in [-0.2, -0.15) is 5.10 Å². The molecule has 2 rings (SSSR count). The fraction of sp³-hybridized carbons (Fsp3) is 0.667. The molecule has 6 nitrogen and oxygen atoms in total. The smallest absolute Gasteiger partial charge is 0.246 e. The van der Waals surface area contributed by atoms with Gasteiger partial charge in [0.25, 0.3) is 0 Å². The molecule has 0 spiro atoms. The highest BCUT2D eigenvalue weighted by molar-refractivity contribution is 5.77. The van der Waals surface area contributed by atoms with E-state index in [4.69, 9.17) is 4.74 Å². The van der Waals surface area contributed by atoms with Crippen LogP contribution in [0.5, 0.6) is 0 Å². The van der Waals surface area contributed by atoms with Crippen molar-refractivity contribution in [3.05, 3.63) is 18.0 Å². The molecule has 0 aliphatic carbocycles. The zero-order valence-corrected chi connectivity index (χ0v) is 10.7. The van der Waals surface area contributed by atoms with Crippen LogP contribution in [0.4, 0.5) is 0 Å². The lowest BCUT2D eigenvalue weighted by Gasteiger charge is -2.22. The van der Waals surface area contributed by atoms with Crippen LogP contribution in [0.3, 0.4) is 0 Å². The number of nitrogens with zero attached hydrogens (tertiary/aromatic N) is 2. The predicted molar refractivity (Wildman–Crippen MR) is 66.9 cm³/mol. The van der Waals surface area contributed by atoms with Gasteiger partial charge in [-0.3, -0.25) is 9.48 Å². The third-order valence-electron chi connectivity index (χ3n) is 2.98. The van der Waals surface area contributed by atoms with Crippen LogP contribution in [0.1, 0.15) is 18.4 Å². The molecule has 18 heavy (non-hydrogen) atoms. The molecule has 1 aromatic rings. The predicted octanol–water partition coefficient (Wildman–Crippen LogP) is -0.195. The van der Waals surface area contributed by atoms with Crippen molar-refractivity contribution in [3.63, 3.8) is 0 Å². The highest BCUT2D eigenvalue weighted by atomic mass is 16.5. The van der Waals surface area contributed by atoms with Crippen molar-refractivity contribution in [2.45, 2.75) is 25.5 Å². The first-order valence-electron chi connectivity index (χ1n) is 6.30. The molecule has 100 valence electrons. The fourth-order valence-corrected chi connectivity index (χ4v) is 1.97. The summed E-state index contributed by atoms with van der Waals surface area (Å²) in [6.45, 7) is 2.59. The highest BCUT2D eigenvalue weighted by Gasteiger charge is 2.14. The number of aromatic nitrogens is 2. The van der Waals surface area contributed by atoms with Crippen LogP contribution in [-0.4, -0.2) is 41.5 Å². The molecule has 1 aliphatic heterocycles. The largest absolute Gasteiger partial charge is 0.368 e. The van der Waals surface area contributed by atoms with Gasteiger partial charge in [-0.15, -0.1) is 0 Å². The van der Waals surface area contributed by atoms with E-state index in [9.17, 15) is 4.79 Å². The molecule has 1 aliphatic rings. The van der Waals surface area contributed by atoms with E-state index >= 15 is 0 Å². The van der Waals surface area contributed by atoms with E-state index in [0.29, 0.717) is 6.54 Å². The third-order valence-corrected chi connectivity index (χ3v) is 2.98. The number of hydrogen-bond acceptors (Lipinski definition) is 4. The number of rotatable bonds is 5. The van der Waals surface area contributed by atoms with Gasteiger partial charge in [0.1, 0.15) is 6.61 Å². The first-order valence-corrected chi connectivity index (χ1v) is 6.30. The second-order valence-corrected chi connectivity index (χ2v) is 4.56. The second kappa shape index (κ2) is 6.51. The van der Waals surface area contributed by atoms with Gasteiger partial charge >= 0.3 is 0 Å². The van der Waals surface area contributed by atoms with E-state index in [-0.39, 0.29) is 18.6 Å². The van der Waals surface area contributed by atoms with Crippen LogP contribution in [-0.2, 0) is 23.1 Å². The fourth-order valence-electron chi connectivity index (χ4n) is 1.97. The van der Waals surface area contributed by atoms with E-state index in [0.717, 1.165) is 31.5 Å². The van der Waals surface area contributed by atoms with Gasteiger partial charge in [0.15, 0.2) is 0 Å². The van der Waals surface area contributed by atoms with Crippen molar-refractivity contribution in [3.8, 4) is 0 Å². The second-order valence-electron chi connectivity index (χ2n) is 4.56. The highest BCUT2D eigenvalue weighted by Crippen LogP contribution is 2.06. The molecular weight excluding hydrogens is 232 g/mol. The van der Waals surface area contributed by atoms with Gasteiger partial charge in [-0.05, 0) is 25.9 Å². The summed E-state index contributed by atoms with van der Waals surface area (Å²) in [6.07, 6.45) is 5.81. The molecule has 0 bridgehead atoms. The number of nitrogens with one attached hydrogen (secondary N) is 2. The normalized spacial score (nSPS) is 16.7. The Morgan fingerprint density at radius 2 is 2.39 bits per heavy atom. The summed E-state index contributed by atoms with van der Waals surface area (Å²) in [5, 5.41) is 10.1. The van der Waals surface area contributed by atoms with Crippen molar-refractivity contribution < 1.29 is 9.53 Å². The summed E-state index contributed by atoms with van der Waals surface area (Å²) >= 11 is 0. The molecule has 0 saturated carbocycles. The van der Waals surface area contributed by atoms with E-state index in [1.807, 2.05) is 13.2 Å². The van der Waals surface area contributed by atoms with Crippen LogP contribution < -0.4 is 10.6 Å². The molecule has 0 aromatic carbocycles. The van der Waals surface area contributed by atoms with Gasteiger partial charge < -0.3 is 15.4 Å². The number of amides is 1. The average molecular weight is 252 g/mol. The number of ether oxygens (including phenoxy) is 1. The number of hydrogen-bond donors (Lipinski definition) is 2. The summed E-state index contributed by atoms with van der Waals surface area (Å²) in [7, 11) is 1.85. The van der Waals surface area contributed by atoms with Crippen LogP contribution >= 0.6 is 0 Å². The summed E-state index contributed by atoms with van der Waals surface area (Å²) in [4.78, 5) is 11.6. The molecule has 2 N–H and O–H groups in total. The molecule has 1 amide bonds. The van der Waals surface area contributed by atoms with Gasteiger partial charge in [-0.1, -0.05) is 0 Å². The Morgan fingerprint density at radius 3 is 3.06 bits per heavy atom. The summed E-state index contributed by atoms with van der Waals surface area (Å²) < 4.78 is 7.28. The Bertz CT molecular complexity index is 385. The molecule has 0 atom stereocenters. The minimum absolute atomic E-state index is 0.0719. The summed E-state index contributed by atoms with van der Waals surface area (Å²) in [5.74, 6) is -0.0719. The van der Waals surface area contributed by atoms with E-state index in [1.54, 1.807) is 10.9 Å². The van der Waals surface area contributed by atoms with Crippen LogP contribution in [0.2, 0.25) is 0 Å². The monoisotopic (exact) mass is 252 g/mol. The minimum atomic E-state index is -0.0719. The van der Waals surface area contributed by atoms with Gasteiger partial charge in [0.05, 0.1) is 12.3 Å². The first-order chi connectivity index (χ1) is 8.74. The third kappa shape index (κ3) is 4.12. The van der Waals surface area contributed by atoms with Gasteiger partial charge in [0, 0.05) is 25.4 Å². The molecule has 1 fully saturated rings. The maximum Gasteiger partial charge on any atom is 0.246 e. The minimum Gasteiger partial charge on any atom is -0.368 e. The van der Waals surface area contributed by atoms with Crippen molar-refractivity contribution in [2.75, 3.05) is 19.7 Å². The van der Waals surface area contributed by atoms with Crippen LogP contribution in [0.25, 0.3) is 0 Å². The zero-order valence-electron chi connectivity index (χ0n) is 10.7. The maximum atomic E-state index is 11.6. The lowest BCUT2D eigenvalue weighted by Crippen LogP contribution is -2.35. The topological polar surface area (TPSA) is 68.2 Å². The van der Waals surface area contributed by atoms with E-state index < -0.39 is 0 Å². The molecule has 0 unspecified atom stereocenters. The lowest BCUT2D eigenvalue weighted by atomic mass is 10.1. The molecule has 1 aromatic heterocycles. The maximum absolute atomic E-state index is 11.6. The number of carbonyl (C=O) groups is 1. The Morgan fingerprint density at radius 1 is 1.61 bits per heavy atom. The Kier molecular flexibility index (Phi) is 4.72.